The van der Waals surface area contributed by atoms with Gasteiger partial charge < -0.3 is 4.74 Å². The fourth-order valence-corrected chi connectivity index (χ4v) is 2.02. The Balaban J connectivity index is 2.41. The summed E-state index contributed by atoms with van der Waals surface area (Å²) in [5.41, 5.74) is 0. The average Bonchev–Trinajstić information content (AvgIpc) is 2.27. The molecule has 0 N–H and O–H groups in total. The number of hydrogen-bond acceptors (Lipinski definition) is 1. The summed E-state index contributed by atoms with van der Waals surface area (Å²) >= 11 is 3.54. The zero-order valence-electron chi connectivity index (χ0n) is 8.66. The second-order valence-electron chi connectivity index (χ2n) is 3.47. The van der Waals surface area contributed by atoms with Crippen LogP contribution in [0.3, 0.4) is 0 Å². The summed E-state index contributed by atoms with van der Waals surface area (Å²) in [5, 5.41) is 2.43. The Labute approximate surface area is 98.2 Å². The minimum atomic E-state index is 0.774. The van der Waals surface area contributed by atoms with Crippen molar-refractivity contribution in [3.05, 3.63) is 40.9 Å². The van der Waals surface area contributed by atoms with Crippen molar-refractivity contribution in [3.8, 4) is 5.75 Å². The van der Waals surface area contributed by atoms with E-state index in [0.717, 1.165) is 23.2 Å². The predicted octanol–water partition coefficient (Wildman–Crippen LogP) is 4.39. The zero-order chi connectivity index (χ0) is 10.7. The topological polar surface area (TPSA) is 9.23 Å². The van der Waals surface area contributed by atoms with Crippen LogP contribution in [0, 0.1) is 0 Å². The van der Waals surface area contributed by atoms with E-state index in [1.807, 2.05) is 18.2 Å². The predicted molar refractivity (Wildman–Crippen MR) is 67.4 cm³/mol. The Hall–Kier alpha value is -1.02. The number of rotatable bonds is 3. The molecule has 2 rings (SSSR count). The molecule has 0 spiro atoms. The van der Waals surface area contributed by atoms with Gasteiger partial charge in [0, 0.05) is 4.47 Å². The maximum Gasteiger partial charge on any atom is 0.119 e. The Bertz CT molecular complexity index is 465. The second-order valence-corrected chi connectivity index (χ2v) is 4.33. The third kappa shape index (κ3) is 2.32. The normalized spacial score (nSPS) is 10.5. The number of hydrogen-bond donors (Lipinski definition) is 0. The van der Waals surface area contributed by atoms with Crippen molar-refractivity contribution < 1.29 is 4.74 Å². The first-order valence-corrected chi connectivity index (χ1v) is 5.91. The summed E-state index contributed by atoms with van der Waals surface area (Å²) in [6.07, 6.45) is 1.04. The van der Waals surface area contributed by atoms with Gasteiger partial charge in [0.25, 0.3) is 0 Å². The van der Waals surface area contributed by atoms with Gasteiger partial charge in [-0.05, 0) is 35.4 Å². The molecule has 0 atom stereocenters. The monoisotopic (exact) mass is 264 g/mol. The molecule has 0 saturated carbocycles. The number of ether oxygens (including phenoxy) is 1. The van der Waals surface area contributed by atoms with E-state index in [4.69, 9.17) is 4.74 Å². The van der Waals surface area contributed by atoms with Crippen LogP contribution in [0.5, 0.6) is 5.75 Å². The summed E-state index contributed by atoms with van der Waals surface area (Å²) in [5.74, 6) is 0.941. The van der Waals surface area contributed by atoms with E-state index in [1.165, 1.54) is 10.8 Å². The minimum absolute atomic E-state index is 0.774. The van der Waals surface area contributed by atoms with E-state index >= 15 is 0 Å². The van der Waals surface area contributed by atoms with Crippen molar-refractivity contribution in [2.75, 3.05) is 6.61 Å². The van der Waals surface area contributed by atoms with Crippen LogP contribution < -0.4 is 4.74 Å². The minimum Gasteiger partial charge on any atom is -0.494 e. The Morgan fingerprint density at radius 2 is 2.07 bits per heavy atom. The highest BCUT2D eigenvalue weighted by Crippen LogP contribution is 2.27. The van der Waals surface area contributed by atoms with Crippen molar-refractivity contribution in [2.45, 2.75) is 13.3 Å². The van der Waals surface area contributed by atoms with Gasteiger partial charge in [-0.3, -0.25) is 0 Å². The fraction of sp³-hybridized carbons (Fsp3) is 0.231. The van der Waals surface area contributed by atoms with Crippen LogP contribution in [0.4, 0.5) is 0 Å². The molecule has 0 aromatic heterocycles. The molecule has 0 saturated heterocycles. The third-order valence-electron chi connectivity index (χ3n) is 2.27. The molecule has 15 heavy (non-hydrogen) atoms. The van der Waals surface area contributed by atoms with Gasteiger partial charge in [0.2, 0.25) is 0 Å². The maximum absolute atomic E-state index is 5.60. The molecule has 0 amide bonds. The molecule has 0 bridgehead atoms. The van der Waals surface area contributed by atoms with Gasteiger partial charge >= 0.3 is 0 Å². The van der Waals surface area contributed by atoms with Crippen molar-refractivity contribution in [1.29, 1.82) is 0 Å². The third-order valence-corrected chi connectivity index (χ3v) is 2.96. The van der Waals surface area contributed by atoms with Gasteiger partial charge in [0.1, 0.15) is 5.75 Å². The summed E-state index contributed by atoms with van der Waals surface area (Å²) in [6, 6.07) is 12.4. The summed E-state index contributed by atoms with van der Waals surface area (Å²) in [6.45, 7) is 2.88. The molecule has 0 unspecified atom stereocenters. The smallest absolute Gasteiger partial charge is 0.119 e. The van der Waals surface area contributed by atoms with Crippen molar-refractivity contribution in [2.24, 2.45) is 0 Å². The van der Waals surface area contributed by atoms with E-state index in [-0.39, 0.29) is 0 Å². The molecule has 0 aliphatic rings. The first-order valence-electron chi connectivity index (χ1n) is 5.12. The van der Waals surface area contributed by atoms with E-state index in [0.29, 0.717) is 0 Å². The number of halogens is 1. The van der Waals surface area contributed by atoms with E-state index < -0.39 is 0 Å². The van der Waals surface area contributed by atoms with Gasteiger partial charge in [-0.15, -0.1) is 0 Å². The Morgan fingerprint density at radius 1 is 1.20 bits per heavy atom. The molecule has 0 heterocycles. The summed E-state index contributed by atoms with van der Waals surface area (Å²) in [7, 11) is 0. The van der Waals surface area contributed by atoms with Crippen LogP contribution in [0.25, 0.3) is 10.8 Å². The maximum atomic E-state index is 5.60. The van der Waals surface area contributed by atoms with Crippen molar-refractivity contribution in [1.82, 2.24) is 0 Å². The highest BCUT2D eigenvalue weighted by atomic mass is 79.9. The SMILES string of the molecule is CCCOc1ccc2cccc(Br)c2c1. The van der Waals surface area contributed by atoms with E-state index in [1.54, 1.807) is 0 Å². The molecule has 0 aliphatic carbocycles. The standard InChI is InChI=1S/C13H13BrO/c1-2-8-15-11-7-6-10-4-3-5-13(14)12(10)9-11/h3-7,9H,2,8H2,1H3. The lowest BCUT2D eigenvalue weighted by Crippen LogP contribution is -1.94. The molecule has 1 nitrogen and oxygen atoms in total. The largest absolute Gasteiger partial charge is 0.494 e. The van der Waals surface area contributed by atoms with Gasteiger partial charge in [0.15, 0.2) is 0 Å². The van der Waals surface area contributed by atoms with Gasteiger partial charge in [0.05, 0.1) is 6.61 Å². The lowest BCUT2D eigenvalue weighted by atomic mass is 10.1. The average molecular weight is 265 g/mol. The molecule has 2 heteroatoms. The fourth-order valence-electron chi connectivity index (χ4n) is 1.52. The highest BCUT2D eigenvalue weighted by molar-refractivity contribution is 9.10. The lowest BCUT2D eigenvalue weighted by molar-refractivity contribution is 0.318. The molecule has 0 aliphatic heterocycles. The van der Waals surface area contributed by atoms with Crippen LogP contribution in [0.1, 0.15) is 13.3 Å². The molecular formula is C13H13BrO. The van der Waals surface area contributed by atoms with Gasteiger partial charge in [-0.25, -0.2) is 0 Å². The quantitative estimate of drug-likeness (QED) is 0.799. The number of benzene rings is 2. The Morgan fingerprint density at radius 3 is 2.87 bits per heavy atom. The van der Waals surface area contributed by atoms with Crippen LogP contribution in [0.15, 0.2) is 40.9 Å². The highest BCUT2D eigenvalue weighted by Gasteiger charge is 2.00. The van der Waals surface area contributed by atoms with Crippen LogP contribution >= 0.6 is 15.9 Å². The first kappa shape index (κ1) is 10.5. The molecule has 0 radical (unpaired) electrons. The summed E-state index contributed by atoms with van der Waals surface area (Å²) < 4.78 is 6.71. The van der Waals surface area contributed by atoms with Crippen LogP contribution in [0.2, 0.25) is 0 Å². The molecule has 0 fully saturated rings. The first-order chi connectivity index (χ1) is 7.31. The van der Waals surface area contributed by atoms with Gasteiger partial charge in [-0.2, -0.15) is 0 Å². The van der Waals surface area contributed by atoms with Crippen LogP contribution in [-0.2, 0) is 0 Å². The van der Waals surface area contributed by atoms with E-state index in [9.17, 15) is 0 Å². The molecule has 2 aromatic carbocycles. The number of fused-ring (bicyclic) bond motifs is 1. The van der Waals surface area contributed by atoms with Crippen LogP contribution in [-0.4, -0.2) is 6.61 Å². The van der Waals surface area contributed by atoms with E-state index in [2.05, 4.69) is 41.1 Å². The lowest BCUT2D eigenvalue weighted by Gasteiger charge is -2.06. The zero-order valence-corrected chi connectivity index (χ0v) is 10.3. The van der Waals surface area contributed by atoms with Gasteiger partial charge in [-0.1, -0.05) is 41.1 Å². The Kier molecular flexibility index (Phi) is 3.27. The summed E-state index contributed by atoms with van der Waals surface area (Å²) in [4.78, 5) is 0. The molecular weight excluding hydrogens is 252 g/mol. The second kappa shape index (κ2) is 4.67. The molecule has 78 valence electrons. The molecule has 2 aromatic rings. The van der Waals surface area contributed by atoms with Crippen molar-refractivity contribution >= 4 is 26.7 Å². The van der Waals surface area contributed by atoms with Crippen molar-refractivity contribution in [3.63, 3.8) is 0 Å².